The topological polar surface area (TPSA) is 53.6 Å². The summed E-state index contributed by atoms with van der Waals surface area (Å²) in [5.74, 6) is -0.906. The number of hydrogen-bond acceptors (Lipinski definition) is 4. The van der Waals surface area contributed by atoms with Crippen molar-refractivity contribution in [2.75, 3.05) is 26.2 Å². The molecule has 0 radical (unpaired) electrons. The van der Waals surface area contributed by atoms with Crippen molar-refractivity contribution in [3.8, 4) is 0 Å². The van der Waals surface area contributed by atoms with Gasteiger partial charge in [0.1, 0.15) is 0 Å². The predicted octanol–water partition coefficient (Wildman–Crippen LogP) is 5.00. The summed E-state index contributed by atoms with van der Waals surface area (Å²) in [4.78, 5) is 19.9. The first kappa shape index (κ1) is 27.0. The van der Waals surface area contributed by atoms with Crippen molar-refractivity contribution >= 4 is 5.91 Å². The molecular formula is C22H29F6N3O2. The second kappa shape index (κ2) is 10.3. The van der Waals surface area contributed by atoms with Crippen LogP contribution in [0.3, 0.4) is 0 Å². The summed E-state index contributed by atoms with van der Waals surface area (Å²) in [6, 6.07) is 0.874. The average Bonchev–Trinajstić information content (AvgIpc) is 2.69. The molecule has 2 rings (SSSR count). The standard InChI is InChI=1S/C22H29F6N3O2/c1-14(30-33-20(2,3)4)13-31-7-5-15(6-8-31)12-29-19(32)16-9-17(21(23,24)25)11-18(10-16)22(26,27)28/h9-11,15,30H,1,5-8,12-13H2,2-4H3,(H,29,32). The van der Waals surface area contributed by atoms with Gasteiger partial charge in [-0.25, -0.2) is 0 Å². The summed E-state index contributed by atoms with van der Waals surface area (Å²) in [6.45, 7) is 11.8. The molecule has 0 spiro atoms. The van der Waals surface area contributed by atoms with E-state index in [4.69, 9.17) is 4.84 Å². The zero-order chi connectivity index (χ0) is 25.0. The molecule has 1 amide bonds. The molecule has 0 aromatic heterocycles. The van der Waals surface area contributed by atoms with Crippen LogP contribution in [0.2, 0.25) is 0 Å². The zero-order valence-electron chi connectivity index (χ0n) is 18.8. The number of carbonyl (C=O) groups is 1. The Labute approximate surface area is 189 Å². The summed E-state index contributed by atoms with van der Waals surface area (Å²) in [7, 11) is 0. The zero-order valence-corrected chi connectivity index (χ0v) is 18.8. The van der Waals surface area contributed by atoms with Crippen LogP contribution in [0.5, 0.6) is 0 Å². The normalized spacial score (nSPS) is 16.5. The molecule has 1 heterocycles. The van der Waals surface area contributed by atoms with E-state index in [9.17, 15) is 31.1 Å². The Morgan fingerprint density at radius 2 is 1.55 bits per heavy atom. The van der Waals surface area contributed by atoms with Crippen LogP contribution in [0.25, 0.3) is 0 Å². The van der Waals surface area contributed by atoms with Crippen LogP contribution in [0.4, 0.5) is 26.3 Å². The van der Waals surface area contributed by atoms with Crippen LogP contribution in [0.15, 0.2) is 30.5 Å². The number of likely N-dealkylation sites (tertiary alicyclic amines) is 1. The Morgan fingerprint density at radius 3 is 2.00 bits per heavy atom. The molecule has 1 fully saturated rings. The Balaban J connectivity index is 1.89. The molecule has 0 unspecified atom stereocenters. The Morgan fingerprint density at radius 1 is 1.03 bits per heavy atom. The van der Waals surface area contributed by atoms with Gasteiger partial charge in [0.25, 0.3) is 5.91 Å². The molecule has 1 saturated heterocycles. The third-order valence-corrected chi connectivity index (χ3v) is 5.02. The number of amides is 1. The average molecular weight is 481 g/mol. The van der Waals surface area contributed by atoms with Crippen molar-refractivity contribution in [2.45, 2.75) is 51.6 Å². The highest BCUT2D eigenvalue weighted by Gasteiger charge is 2.37. The molecule has 0 atom stereocenters. The fourth-order valence-corrected chi connectivity index (χ4v) is 3.30. The van der Waals surface area contributed by atoms with Crippen LogP contribution in [-0.4, -0.2) is 42.6 Å². The molecule has 0 aliphatic carbocycles. The fraction of sp³-hybridized carbons (Fsp3) is 0.591. The molecule has 2 N–H and O–H groups in total. The maximum absolute atomic E-state index is 13.0. The monoisotopic (exact) mass is 481 g/mol. The minimum atomic E-state index is -5.00. The Hall–Kier alpha value is -2.27. The van der Waals surface area contributed by atoms with Gasteiger partial charge in [-0.2, -0.15) is 26.3 Å². The van der Waals surface area contributed by atoms with Crippen molar-refractivity contribution < 1.29 is 36.0 Å². The maximum atomic E-state index is 13.0. The molecule has 11 heteroatoms. The largest absolute Gasteiger partial charge is 0.416 e. The molecule has 1 aromatic carbocycles. The number of rotatable bonds is 7. The molecule has 0 saturated carbocycles. The van der Waals surface area contributed by atoms with Crippen LogP contribution >= 0.6 is 0 Å². The van der Waals surface area contributed by atoms with Crippen molar-refractivity contribution in [3.05, 3.63) is 47.2 Å². The molecule has 1 aliphatic rings. The minimum Gasteiger partial charge on any atom is -0.352 e. The Bertz CT molecular complexity index is 806. The van der Waals surface area contributed by atoms with Crippen molar-refractivity contribution in [3.63, 3.8) is 0 Å². The van der Waals surface area contributed by atoms with Gasteiger partial charge < -0.3 is 5.32 Å². The first-order valence-corrected chi connectivity index (χ1v) is 10.5. The molecule has 0 bridgehead atoms. The molecular weight excluding hydrogens is 452 g/mol. The lowest BCUT2D eigenvalue weighted by Crippen LogP contribution is -2.41. The highest BCUT2D eigenvalue weighted by Crippen LogP contribution is 2.36. The van der Waals surface area contributed by atoms with Crippen molar-refractivity contribution in [2.24, 2.45) is 5.92 Å². The van der Waals surface area contributed by atoms with E-state index in [-0.39, 0.29) is 24.1 Å². The van der Waals surface area contributed by atoms with Crippen molar-refractivity contribution in [1.29, 1.82) is 0 Å². The van der Waals surface area contributed by atoms with E-state index in [1.165, 1.54) is 0 Å². The van der Waals surface area contributed by atoms with Gasteiger partial charge in [-0.05, 0) is 70.8 Å². The minimum absolute atomic E-state index is 0.00174. The van der Waals surface area contributed by atoms with Gasteiger partial charge in [0.15, 0.2) is 0 Å². The number of piperidine rings is 1. The molecule has 33 heavy (non-hydrogen) atoms. The van der Waals surface area contributed by atoms with Crippen molar-refractivity contribution in [1.82, 2.24) is 15.7 Å². The number of halogens is 6. The van der Waals surface area contributed by atoms with Gasteiger partial charge >= 0.3 is 12.4 Å². The lowest BCUT2D eigenvalue weighted by atomic mass is 9.96. The van der Waals surface area contributed by atoms with Gasteiger partial charge in [-0.3, -0.25) is 20.0 Å². The van der Waals surface area contributed by atoms with Gasteiger partial charge in [-0.1, -0.05) is 6.58 Å². The lowest BCUT2D eigenvalue weighted by Gasteiger charge is -2.33. The third-order valence-electron chi connectivity index (χ3n) is 5.02. The number of carbonyl (C=O) groups excluding carboxylic acids is 1. The van der Waals surface area contributed by atoms with Gasteiger partial charge in [-0.15, -0.1) is 0 Å². The third kappa shape index (κ3) is 8.88. The van der Waals surface area contributed by atoms with E-state index in [1.807, 2.05) is 20.8 Å². The van der Waals surface area contributed by atoms with Crippen LogP contribution in [-0.2, 0) is 17.2 Å². The van der Waals surface area contributed by atoms with Gasteiger partial charge in [0.2, 0.25) is 0 Å². The number of benzene rings is 1. The van der Waals surface area contributed by atoms with E-state index in [1.54, 1.807) is 0 Å². The van der Waals surface area contributed by atoms with E-state index in [0.717, 1.165) is 0 Å². The number of nitrogens with zero attached hydrogens (tertiary/aromatic N) is 1. The highest BCUT2D eigenvalue weighted by atomic mass is 19.4. The van der Waals surface area contributed by atoms with Crippen LogP contribution in [0.1, 0.15) is 55.1 Å². The smallest absolute Gasteiger partial charge is 0.352 e. The first-order chi connectivity index (χ1) is 15.0. The molecule has 5 nitrogen and oxygen atoms in total. The summed E-state index contributed by atoms with van der Waals surface area (Å²) >= 11 is 0. The maximum Gasteiger partial charge on any atom is 0.416 e. The van der Waals surface area contributed by atoms with Gasteiger partial charge in [0, 0.05) is 24.4 Å². The number of hydroxylamine groups is 1. The van der Waals surface area contributed by atoms with Gasteiger partial charge in [0.05, 0.1) is 16.7 Å². The number of alkyl halides is 6. The SMILES string of the molecule is C=C(CN1CCC(CNC(=O)c2cc(C(F)(F)F)cc(C(F)(F)F)c2)CC1)NOC(C)(C)C. The molecule has 186 valence electrons. The lowest BCUT2D eigenvalue weighted by molar-refractivity contribution is -0.143. The second-order valence-electron chi connectivity index (χ2n) is 9.14. The summed E-state index contributed by atoms with van der Waals surface area (Å²) in [5.41, 5.74) is -0.552. The summed E-state index contributed by atoms with van der Waals surface area (Å²) < 4.78 is 77.9. The Kier molecular flexibility index (Phi) is 8.45. The number of nitrogens with one attached hydrogen (secondary N) is 2. The number of hydrogen-bond donors (Lipinski definition) is 2. The molecule has 1 aromatic rings. The van der Waals surface area contributed by atoms with E-state index < -0.39 is 35.0 Å². The quantitative estimate of drug-likeness (QED) is 0.425. The highest BCUT2D eigenvalue weighted by molar-refractivity contribution is 5.94. The molecule has 1 aliphatic heterocycles. The fourth-order valence-electron chi connectivity index (χ4n) is 3.30. The summed E-state index contributed by atoms with van der Waals surface area (Å²) in [6.07, 6.45) is -8.58. The summed E-state index contributed by atoms with van der Waals surface area (Å²) in [5, 5.41) is 2.48. The van der Waals surface area contributed by atoms with Crippen LogP contribution < -0.4 is 10.8 Å². The first-order valence-electron chi connectivity index (χ1n) is 10.5. The van der Waals surface area contributed by atoms with Crippen LogP contribution in [0, 0.1) is 5.92 Å². The van der Waals surface area contributed by atoms with E-state index in [0.29, 0.717) is 50.3 Å². The predicted molar refractivity (Wildman–Crippen MR) is 111 cm³/mol. The second-order valence-corrected chi connectivity index (χ2v) is 9.14. The van der Waals surface area contributed by atoms with E-state index in [2.05, 4.69) is 22.3 Å². The van der Waals surface area contributed by atoms with E-state index >= 15 is 0 Å².